The lowest BCUT2D eigenvalue weighted by molar-refractivity contribution is -0.139. The van der Waals surface area contributed by atoms with Crippen LogP contribution in [0.3, 0.4) is 0 Å². The van der Waals surface area contributed by atoms with E-state index in [2.05, 4.69) is 20.7 Å². The molecule has 1 aliphatic carbocycles. The first kappa shape index (κ1) is 14.2. The Balaban J connectivity index is 0.000000921. The minimum atomic E-state index is -0.210. The summed E-state index contributed by atoms with van der Waals surface area (Å²) in [6.45, 7) is 4.00. The molecule has 0 unspecified atom stereocenters. The van der Waals surface area contributed by atoms with E-state index in [1.54, 1.807) is 0 Å². The zero-order chi connectivity index (χ0) is 11.7. The predicted molar refractivity (Wildman–Crippen MR) is 66.8 cm³/mol. The van der Waals surface area contributed by atoms with Crippen LogP contribution in [-0.2, 0) is 9.53 Å². The number of esters is 1. The van der Waals surface area contributed by atoms with Crippen molar-refractivity contribution in [2.24, 2.45) is 0 Å². The molecule has 15 heavy (non-hydrogen) atoms. The first-order chi connectivity index (χ1) is 7.22. The maximum Gasteiger partial charge on any atom is 0.309 e. The third-order valence-electron chi connectivity index (χ3n) is 1.68. The molecule has 84 valence electrons. The first-order valence-electron chi connectivity index (χ1n) is 5.02. The van der Waals surface area contributed by atoms with E-state index in [-0.39, 0.29) is 5.97 Å². The minimum Gasteiger partial charge on any atom is -0.469 e. The molecule has 0 aromatic rings. The van der Waals surface area contributed by atoms with Gasteiger partial charge in [0, 0.05) is 4.48 Å². The van der Waals surface area contributed by atoms with Gasteiger partial charge in [0.05, 0.1) is 13.5 Å². The summed E-state index contributed by atoms with van der Waals surface area (Å²) in [4.78, 5) is 11.0. The van der Waals surface area contributed by atoms with Crippen molar-refractivity contribution in [3.63, 3.8) is 0 Å². The van der Waals surface area contributed by atoms with Crippen molar-refractivity contribution in [1.29, 1.82) is 0 Å². The van der Waals surface area contributed by atoms with Crippen LogP contribution >= 0.6 is 15.9 Å². The Hall–Kier alpha value is -0.830. The lowest BCUT2D eigenvalue weighted by atomic mass is 10.1. The van der Waals surface area contributed by atoms with Crippen LogP contribution in [-0.4, -0.2) is 13.1 Å². The number of allylic oxidation sites excluding steroid dienone is 5. The Bertz CT molecular complexity index is 288. The fraction of sp³-hybridized carbons (Fsp3) is 0.417. The van der Waals surface area contributed by atoms with Crippen LogP contribution in [0, 0.1) is 0 Å². The second-order valence-electron chi connectivity index (χ2n) is 2.70. The van der Waals surface area contributed by atoms with Crippen molar-refractivity contribution >= 4 is 21.9 Å². The third-order valence-corrected chi connectivity index (χ3v) is 2.23. The quantitative estimate of drug-likeness (QED) is 0.716. The minimum absolute atomic E-state index is 0.210. The summed E-state index contributed by atoms with van der Waals surface area (Å²) in [5.74, 6) is -0.210. The Morgan fingerprint density at radius 1 is 1.53 bits per heavy atom. The van der Waals surface area contributed by atoms with Gasteiger partial charge in [-0.1, -0.05) is 48.0 Å². The van der Waals surface area contributed by atoms with Gasteiger partial charge in [-0.2, -0.15) is 0 Å². The third kappa shape index (κ3) is 6.28. The fourth-order valence-electron chi connectivity index (χ4n) is 1.03. The molecule has 0 aromatic heterocycles. The summed E-state index contributed by atoms with van der Waals surface area (Å²) in [6, 6.07) is 0. The van der Waals surface area contributed by atoms with Crippen LogP contribution in [0.15, 0.2) is 34.4 Å². The lowest BCUT2D eigenvalue weighted by Gasteiger charge is -1.99. The number of hydrogen-bond acceptors (Lipinski definition) is 2. The van der Waals surface area contributed by atoms with Gasteiger partial charge in [0.2, 0.25) is 0 Å². The molecule has 2 nitrogen and oxygen atoms in total. The topological polar surface area (TPSA) is 26.3 Å². The number of methoxy groups -OCH3 is 1. The molecule has 0 spiro atoms. The number of hydrogen-bond donors (Lipinski definition) is 0. The lowest BCUT2D eigenvalue weighted by Crippen LogP contribution is -2.00. The molecule has 0 heterocycles. The van der Waals surface area contributed by atoms with Crippen molar-refractivity contribution in [2.75, 3.05) is 7.11 Å². The van der Waals surface area contributed by atoms with Crippen LogP contribution in [0.4, 0.5) is 0 Å². The normalized spacial score (nSPS) is 14.1. The molecular formula is C12H17BrO2. The maximum absolute atomic E-state index is 11.0. The van der Waals surface area contributed by atoms with E-state index in [0.29, 0.717) is 6.42 Å². The van der Waals surface area contributed by atoms with Gasteiger partial charge in [-0.25, -0.2) is 0 Å². The smallest absolute Gasteiger partial charge is 0.309 e. The van der Waals surface area contributed by atoms with Crippen molar-refractivity contribution in [3.05, 3.63) is 34.4 Å². The number of rotatable bonds is 2. The van der Waals surface area contributed by atoms with Crippen LogP contribution < -0.4 is 0 Å². The molecule has 0 atom stereocenters. The highest BCUT2D eigenvalue weighted by molar-refractivity contribution is 9.11. The van der Waals surface area contributed by atoms with Gasteiger partial charge < -0.3 is 4.74 Å². The van der Waals surface area contributed by atoms with Crippen LogP contribution in [0.1, 0.15) is 26.7 Å². The molecule has 0 radical (unpaired) electrons. The first-order valence-corrected chi connectivity index (χ1v) is 5.81. The van der Waals surface area contributed by atoms with Crippen molar-refractivity contribution < 1.29 is 9.53 Å². The van der Waals surface area contributed by atoms with Gasteiger partial charge >= 0.3 is 5.97 Å². The zero-order valence-corrected chi connectivity index (χ0v) is 11.0. The highest BCUT2D eigenvalue weighted by atomic mass is 79.9. The van der Waals surface area contributed by atoms with E-state index < -0.39 is 0 Å². The second kappa shape index (κ2) is 8.48. The van der Waals surface area contributed by atoms with E-state index >= 15 is 0 Å². The standard InChI is InChI=1S/C10H11BrO2.C2H6/c1-13-10(12)7-8-4-2-3-5-9(11)6-8;1-2/h2,4-6H,3,7H2,1H3;1-2H3. The highest BCUT2D eigenvalue weighted by Gasteiger charge is 2.04. The van der Waals surface area contributed by atoms with Gasteiger partial charge in [0.25, 0.3) is 0 Å². The maximum atomic E-state index is 11.0. The van der Waals surface area contributed by atoms with Crippen molar-refractivity contribution in [1.82, 2.24) is 0 Å². The van der Waals surface area contributed by atoms with Gasteiger partial charge in [-0.3, -0.25) is 4.79 Å². The number of carbonyl (C=O) groups excluding carboxylic acids is 1. The van der Waals surface area contributed by atoms with E-state index in [1.165, 1.54) is 7.11 Å². The number of halogens is 1. The van der Waals surface area contributed by atoms with Crippen molar-refractivity contribution in [2.45, 2.75) is 26.7 Å². The molecule has 0 amide bonds. The molecule has 0 saturated carbocycles. The summed E-state index contributed by atoms with van der Waals surface area (Å²) >= 11 is 3.38. The van der Waals surface area contributed by atoms with Crippen LogP contribution in [0.25, 0.3) is 0 Å². The summed E-state index contributed by atoms with van der Waals surface area (Å²) in [5.41, 5.74) is 0.965. The molecule has 1 rings (SSSR count). The Morgan fingerprint density at radius 2 is 2.20 bits per heavy atom. The summed E-state index contributed by atoms with van der Waals surface area (Å²) in [6.07, 6.45) is 9.16. The predicted octanol–water partition coefficient (Wildman–Crippen LogP) is 3.74. The Labute approximate surface area is 99.8 Å². The largest absolute Gasteiger partial charge is 0.469 e. The second-order valence-corrected chi connectivity index (χ2v) is 3.61. The van der Waals surface area contributed by atoms with Gasteiger partial charge in [0.15, 0.2) is 0 Å². The van der Waals surface area contributed by atoms with E-state index in [0.717, 1.165) is 16.5 Å². The van der Waals surface area contributed by atoms with Gasteiger partial charge in [0.1, 0.15) is 0 Å². The van der Waals surface area contributed by atoms with Crippen LogP contribution in [0.2, 0.25) is 0 Å². The molecule has 1 aliphatic rings. The van der Waals surface area contributed by atoms with E-state index in [4.69, 9.17) is 0 Å². The monoisotopic (exact) mass is 272 g/mol. The fourth-order valence-corrected chi connectivity index (χ4v) is 1.51. The van der Waals surface area contributed by atoms with E-state index in [9.17, 15) is 4.79 Å². The average Bonchev–Trinajstić information content (AvgIpc) is 2.45. The Morgan fingerprint density at radius 3 is 2.80 bits per heavy atom. The molecule has 0 fully saturated rings. The van der Waals surface area contributed by atoms with Gasteiger partial charge in [-0.05, 0) is 18.1 Å². The van der Waals surface area contributed by atoms with Crippen molar-refractivity contribution in [3.8, 4) is 0 Å². The average molecular weight is 273 g/mol. The highest BCUT2D eigenvalue weighted by Crippen LogP contribution is 2.18. The molecule has 0 saturated heterocycles. The number of ether oxygens (including phenoxy) is 1. The molecular weight excluding hydrogens is 256 g/mol. The zero-order valence-electron chi connectivity index (χ0n) is 9.42. The summed E-state index contributed by atoms with van der Waals surface area (Å²) < 4.78 is 5.59. The molecule has 0 N–H and O–H groups in total. The molecule has 3 heteroatoms. The molecule has 0 aromatic carbocycles. The van der Waals surface area contributed by atoms with Gasteiger partial charge in [-0.15, -0.1) is 0 Å². The summed E-state index contributed by atoms with van der Waals surface area (Å²) in [5, 5.41) is 0. The molecule has 0 bridgehead atoms. The SMILES string of the molecule is CC.COC(=O)CC1=CC(Br)=CCC=C1. The summed E-state index contributed by atoms with van der Waals surface area (Å²) in [7, 11) is 1.40. The molecule has 0 aliphatic heterocycles. The van der Waals surface area contributed by atoms with Crippen LogP contribution in [0.5, 0.6) is 0 Å². The number of carbonyl (C=O) groups is 1. The Kier molecular flexibility index (Phi) is 8.01. The van der Waals surface area contributed by atoms with E-state index in [1.807, 2.05) is 38.2 Å².